The predicted molar refractivity (Wildman–Crippen MR) is 208 cm³/mol. The molecule has 0 radical (unpaired) electrons. The summed E-state index contributed by atoms with van der Waals surface area (Å²) in [4.78, 5) is 0. The number of aliphatic hydroxyl groups is 1. The molecule has 48 heavy (non-hydrogen) atoms. The van der Waals surface area contributed by atoms with E-state index in [1.807, 2.05) is 0 Å². The van der Waals surface area contributed by atoms with E-state index in [9.17, 15) is 18.1 Å². The van der Waals surface area contributed by atoms with E-state index in [2.05, 4.69) is 25.0 Å². The Morgan fingerprint density at radius 2 is 0.646 bits per heavy atom. The molecule has 0 aliphatic carbocycles. The van der Waals surface area contributed by atoms with E-state index in [-0.39, 0.29) is 0 Å². The third kappa shape index (κ3) is 40.2. The highest BCUT2D eigenvalue weighted by atomic mass is 32.3. The van der Waals surface area contributed by atoms with Gasteiger partial charge in [0.15, 0.2) is 0 Å². The number of quaternary nitrogens is 1. The number of rotatable bonds is 38. The summed E-state index contributed by atoms with van der Waals surface area (Å²) >= 11 is 0. The van der Waals surface area contributed by atoms with E-state index < -0.39 is 10.4 Å². The lowest BCUT2D eigenvalue weighted by atomic mass is 10.0. The molecular formula is C41H87NO5S. The van der Waals surface area contributed by atoms with E-state index >= 15 is 0 Å². The van der Waals surface area contributed by atoms with E-state index in [1.54, 1.807) is 0 Å². The molecule has 0 atom stereocenters. The highest BCUT2D eigenvalue weighted by molar-refractivity contribution is 7.80. The molecule has 7 heteroatoms. The molecule has 0 aromatic rings. The number of unbranched alkanes of at least 4 members (excludes halogenated alkanes) is 30. The molecule has 0 aliphatic rings. The van der Waals surface area contributed by atoms with Gasteiger partial charge in [0.25, 0.3) is 0 Å². The van der Waals surface area contributed by atoms with Crippen molar-refractivity contribution in [3.63, 3.8) is 0 Å². The number of hydrogen-bond donors (Lipinski definition) is 1. The average Bonchev–Trinajstić information content (AvgIpc) is 3.07. The minimum absolute atomic E-state index is 0.353. The Morgan fingerprint density at radius 3 is 0.812 bits per heavy atom. The Labute approximate surface area is 302 Å². The van der Waals surface area contributed by atoms with Crippen molar-refractivity contribution in [2.24, 2.45) is 0 Å². The largest absolute Gasteiger partial charge is 0.726 e. The average molecular weight is 706 g/mol. The topological polar surface area (TPSA) is 86.7 Å². The number of hydrogen-bond acceptors (Lipinski definition) is 5. The molecule has 0 aromatic carbocycles. The van der Waals surface area contributed by atoms with Crippen molar-refractivity contribution in [2.45, 2.75) is 226 Å². The lowest BCUT2D eigenvalue weighted by Crippen LogP contribution is -2.51. The lowest BCUT2D eigenvalue weighted by molar-refractivity contribution is -0.927. The zero-order valence-corrected chi connectivity index (χ0v) is 33.9. The number of nitrogens with zero attached hydrogens (tertiary/aromatic N) is 1. The molecule has 1 N–H and O–H groups in total. The van der Waals surface area contributed by atoms with Gasteiger partial charge in [-0.05, 0) is 32.6 Å². The summed E-state index contributed by atoms with van der Waals surface area (Å²) in [5, 5.41) is 9.79. The standard InChI is InChI=1S/C40H84NO.CH4O4S/c1-4-7-9-11-13-15-17-19-21-23-25-27-29-31-33-35-37-41(6-3,39-40-42)38-36-34-32-30-28-26-24-22-20-18-16-14-12-10-8-5-2;1-5-6(2,3)4/h42H,4-40H2,1-3H3;1H3,(H,2,3,4)/q+1;/p-1. The molecule has 292 valence electrons. The van der Waals surface area contributed by atoms with E-state index in [4.69, 9.17) is 0 Å². The second-order valence-electron chi connectivity index (χ2n) is 14.7. The molecule has 0 unspecified atom stereocenters. The SMILES string of the molecule is CCCCCCCCCCCCCCCCCC[N+](CC)(CCO)CCCCCCCCCCCCCCCCCC.COS(=O)(=O)[O-]. The van der Waals surface area contributed by atoms with Crippen LogP contribution in [0, 0.1) is 0 Å². The van der Waals surface area contributed by atoms with Crippen LogP contribution in [-0.4, -0.2) is 62.5 Å². The molecule has 0 spiro atoms. The van der Waals surface area contributed by atoms with Crippen LogP contribution < -0.4 is 0 Å². The second-order valence-corrected chi connectivity index (χ2v) is 15.9. The van der Waals surface area contributed by atoms with Gasteiger partial charge in [0.05, 0.1) is 33.4 Å². The first kappa shape index (κ1) is 49.9. The fraction of sp³-hybridized carbons (Fsp3) is 1.00. The Morgan fingerprint density at radius 1 is 0.438 bits per heavy atom. The summed E-state index contributed by atoms with van der Waals surface area (Å²) in [6.45, 7) is 12.0. The number of aliphatic hydroxyl groups excluding tert-OH is 1. The molecule has 0 saturated heterocycles. The highest BCUT2D eigenvalue weighted by Crippen LogP contribution is 2.18. The smallest absolute Gasteiger partial charge is 0.217 e. The summed E-state index contributed by atoms with van der Waals surface area (Å²) in [5.74, 6) is 0. The first-order valence-electron chi connectivity index (χ1n) is 21.3. The van der Waals surface area contributed by atoms with Gasteiger partial charge >= 0.3 is 0 Å². The monoisotopic (exact) mass is 706 g/mol. The molecule has 0 aliphatic heterocycles. The summed E-state index contributed by atoms with van der Waals surface area (Å²) < 4.78 is 32.2. The van der Waals surface area contributed by atoms with Crippen molar-refractivity contribution >= 4 is 10.4 Å². The van der Waals surface area contributed by atoms with Crippen LogP contribution in [0.2, 0.25) is 0 Å². The summed E-state index contributed by atoms with van der Waals surface area (Å²) in [6, 6.07) is 0. The lowest BCUT2D eigenvalue weighted by Gasteiger charge is -2.37. The van der Waals surface area contributed by atoms with Crippen molar-refractivity contribution in [3.05, 3.63) is 0 Å². The first-order valence-corrected chi connectivity index (χ1v) is 22.6. The maximum atomic E-state index is 9.79. The van der Waals surface area contributed by atoms with Crippen LogP contribution in [0.1, 0.15) is 226 Å². The van der Waals surface area contributed by atoms with Crippen molar-refractivity contribution in [3.8, 4) is 0 Å². The highest BCUT2D eigenvalue weighted by Gasteiger charge is 2.23. The molecule has 0 amide bonds. The van der Waals surface area contributed by atoms with Gasteiger partial charge in [0.1, 0.15) is 6.54 Å². The molecular weight excluding hydrogens is 619 g/mol. The molecule has 0 aromatic heterocycles. The molecule has 0 heterocycles. The van der Waals surface area contributed by atoms with E-state index in [0.29, 0.717) is 6.61 Å². The van der Waals surface area contributed by atoms with Crippen molar-refractivity contribution in [2.75, 3.05) is 39.9 Å². The van der Waals surface area contributed by atoms with Crippen LogP contribution >= 0.6 is 0 Å². The quantitative estimate of drug-likeness (QED) is 0.0299. The fourth-order valence-electron chi connectivity index (χ4n) is 7.01. The summed E-state index contributed by atoms with van der Waals surface area (Å²) in [6.07, 6.45) is 46.0. The van der Waals surface area contributed by atoms with Gasteiger partial charge in [-0.1, -0.05) is 194 Å². The summed E-state index contributed by atoms with van der Waals surface area (Å²) in [5.41, 5.74) is 0. The molecule has 0 fully saturated rings. The van der Waals surface area contributed by atoms with Crippen molar-refractivity contribution in [1.29, 1.82) is 0 Å². The minimum atomic E-state index is -4.41. The van der Waals surface area contributed by atoms with Gasteiger partial charge in [0.2, 0.25) is 10.4 Å². The normalized spacial score (nSPS) is 12.0. The Kier molecular flexibility index (Phi) is 41.1. The van der Waals surface area contributed by atoms with Crippen LogP contribution in [0.25, 0.3) is 0 Å². The Hall–Kier alpha value is -0.210. The number of likely N-dealkylation sites (N-methyl/N-ethyl adjacent to an activating group) is 1. The third-order valence-corrected chi connectivity index (χ3v) is 10.8. The van der Waals surface area contributed by atoms with E-state index in [1.165, 1.54) is 225 Å². The zero-order valence-electron chi connectivity index (χ0n) is 33.1. The Balaban J connectivity index is 0. The third-order valence-electron chi connectivity index (χ3n) is 10.4. The van der Waals surface area contributed by atoms with Gasteiger partial charge in [-0.3, -0.25) is 4.18 Å². The minimum Gasteiger partial charge on any atom is -0.726 e. The molecule has 0 saturated carbocycles. The zero-order chi connectivity index (χ0) is 35.9. The maximum Gasteiger partial charge on any atom is 0.217 e. The molecule has 6 nitrogen and oxygen atoms in total. The van der Waals surface area contributed by atoms with Gasteiger partial charge in [-0.15, -0.1) is 0 Å². The van der Waals surface area contributed by atoms with Gasteiger partial charge in [-0.2, -0.15) is 0 Å². The van der Waals surface area contributed by atoms with Crippen LogP contribution in [-0.2, 0) is 14.6 Å². The van der Waals surface area contributed by atoms with Crippen molar-refractivity contribution < 1.29 is 26.7 Å². The van der Waals surface area contributed by atoms with Gasteiger partial charge < -0.3 is 14.1 Å². The van der Waals surface area contributed by atoms with Crippen molar-refractivity contribution in [1.82, 2.24) is 0 Å². The van der Waals surface area contributed by atoms with Gasteiger partial charge in [0, 0.05) is 0 Å². The van der Waals surface area contributed by atoms with Crippen LogP contribution in [0.4, 0.5) is 0 Å². The fourth-order valence-corrected chi connectivity index (χ4v) is 7.01. The van der Waals surface area contributed by atoms with Gasteiger partial charge in [-0.25, -0.2) is 8.42 Å². The molecule has 0 rings (SSSR count). The second kappa shape index (κ2) is 39.6. The van der Waals surface area contributed by atoms with Crippen LogP contribution in [0.15, 0.2) is 0 Å². The molecule has 0 bridgehead atoms. The van der Waals surface area contributed by atoms with E-state index in [0.717, 1.165) is 18.1 Å². The first-order chi connectivity index (χ1) is 23.3. The summed E-state index contributed by atoms with van der Waals surface area (Å²) in [7, 11) is -3.60. The maximum absolute atomic E-state index is 9.79. The van der Waals surface area contributed by atoms with Crippen LogP contribution in [0.3, 0.4) is 0 Å². The Bertz CT molecular complexity index is 667. The predicted octanol–water partition coefficient (Wildman–Crippen LogP) is 12.4. The van der Waals surface area contributed by atoms with Crippen LogP contribution in [0.5, 0.6) is 0 Å².